The highest BCUT2D eigenvalue weighted by Gasteiger charge is 2.25. The lowest BCUT2D eigenvalue weighted by molar-refractivity contribution is -0.135. The summed E-state index contributed by atoms with van der Waals surface area (Å²) >= 11 is 2.44. The zero-order chi connectivity index (χ0) is 8.43. The maximum atomic E-state index is 11.1. The molecule has 0 N–H and O–H groups in total. The van der Waals surface area contributed by atoms with Crippen molar-refractivity contribution in [3.05, 3.63) is 10.5 Å². The predicted octanol–water partition coefficient (Wildman–Crippen LogP) is -0.883. The monoisotopic (exact) mass is 178 g/mol. The second kappa shape index (κ2) is 3.56. The number of imide groups is 1. The summed E-state index contributed by atoms with van der Waals surface area (Å²) in [6.45, 7) is 0. The minimum atomic E-state index is -0.172. The van der Waals surface area contributed by atoms with E-state index in [4.69, 9.17) is 0 Å². The first-order valence-corrected chi connectivity index (χ1v) is 5.82. The third-order valence-corrected chi connectivity index (χ3v) is 2.55. The molecule has 0 bridgehead atoms. The highest BCUT2D eigenvalue weighted by atomic mass is 27.1. The highest BCUT2D eigenvalue weighted by Crippen LogP contribution is 2.07. The van der Waals surface area contributed by atoms with Crippen molar-refractivity contribution in [1.29, 1.82) is 0 Å². The van der Waals surface area contributed by atoms with Gasteiger partial charge in [-0.05, 0) is 11.5 Å². The van der Waals surface area contributed by atoms with Gasteiger partial charge in [-0.2, -0.15) is 0 Å². The van der Waals surface area contributed by atoms with Gasteiger partial charge in [0.25, 0.3) is 5.91 Å². The molecule has 0 saturated heterocycles. The lowest BCUT2D eigenvalue weighted by Crippen LogP contribution is -2.34. The molecule has 0 fully saturated rings. The molecule has 0 spiro atoms. The molecule has 0 unspecified atom stereocenters. The predicted molar refractivity (Wildman–Crippen MR) is 42.2 cm³/mol. The fourth-order valence-electron chi connectivity index (χ4n) is 0.884. The van der Waals surface area contributed by atoms with Crippen LogP contribution < -0.4 is 0 Å². The normalized spacial score (nSPS) is 17.2. The van der Waals surface area contributed by atoms with Crippen molar-refractivity contribution in [3.63, 3.8) is 0 Å². The van der Waals surface area contributed by atoms with E-state index >= 15 is 0 Å². The summed E-state index contributed by atoms with van der Waals surface area (Å²) in [6.07, 6.45) is 1.36. The van der Waals surface area contributed by atoms with E-state index in [0.717, 1.165) is 0 Å². The van der Waals surface area contributed by atoms with Crippen molar-refractivity contribution < 1.29 is 9.59 Å². The van der Waals surface area contributed by atoms with Crippen LogP contribution in [0.3, 0.4) is 0 Å². The quantitative estimate of drug-likeness (QED) is 0.406. The number of hydrogen-bond acceptors (Lipinski definition) is 2. The maximum absolute atomic E-state index is 11.1. The molecule has 0 aromatic carbocycles. The molecule has 5 heteroatoms. The molecule has 3 radical (unpaired) electrons. The van der Waals surface area contributed by atoms with Gasteiger partial charge in [-0.15, -0.1) is 5.79 Å². The minimum absolute atomic E-state index is 0.158. The standard InChI is InChI=1S/C5H3NO2.CH3.2Al/c1-6-4(7)2-3-5(6)8;;;/h2H,1H2;1H3;;. The van der Waals surface area contributed by atoms with Crippen LogP contribution in [0.15, 0.2) is 10.5 Å². The molecule has 53 valence electrons. The summed E-state index contributed by atoms with van der Waals surface area (Å²) < 4.78 is 0.475. The van der Waals surface area contributed by atoms with Crippen molar-refractivity contribution in [3.8, 4) is 0 Å². The number of nitrogens with zero attached hydrogens (tertiary/aromatic N) is 1. The van der Waals surface area contributed by atoms with Crippen LogP contribution >= 0.6 is 0 Å². The van der Waals surface area contributed by atoms with E-state index in [1.54, 1.807) is 0 Å². The molecule has 1 rings (SSSR count). The van der Waals surface area contributed by atoms with Gasteiger partial charge in [0, 0.05) is 0 Å². The van der Waals surface area contributed by atoms with Gasteiger partial charge >= 0.3 is 0 Å². The number of hydrogen-bond donors (Lipinski definition) is 0. The lowest BCUT2D eigenvalue weighted by Gasteiger charge is -2.12. The zero-order valence-corrected chi connectivity index (χ0v) is 8.51. The summed E-state index contributed by atoms with van der Waals surface area (Å²) in [6, 6.07) is 0. The average Bonchev–Trinajstić information content (AvgIpc) is 2.17. The Morgan fingerprint density at radius 2 is 2.27 bits per heavy atom. The third-order valence-electron chi connectivity index (χ3n) is 1.40. The molecule has 0 aromatic heterocycles. The molecule has 3 nitrogen and oxygen atoms in total. The third kappa shape index (κ3) is 1.75. The Hall–Kier alpha value is -0.0551. The smallest absolute Gasteiger partial charge is 0.251 e. The Morgan fingerprint density at radius 3 is 2.64 bits per heavy atom. The summed E-state index contributed by atoms with van der Waals surface area (Å²) in [5.41, 5.74) is 0. The van der Waals surface area contributed by atoms with Crippen LogP contribution in [-0.2, 0) is 9.59 Å². The van der Waals surface area contributed by atoms with E-state index in [1.807, 2.05) is 5.79 Å². The first-order valence-electron chi connectivity index (χ1n) is 3.27. The number of carbonyl (C=O) groups is 2. The van der Waals surface area contributed by atoms with Crippen LogP contribution in [0.25, 0.3) is 0 Å². The van der Waals surface area contributed by atoms with Gasteiger partial charge in [0.15, 0.2) is 16.3 Å². The Balaban J connectivity index is 2.73. The summed E-state index contributed by atoms with van der Waals surface area (Å²) in [4.78, 5) is 23.4. The van der Waals surface area contributed by atoms with Crippen LogP contribution in [0.1, 0.15) is 0 Å². The zero-order valence-electron chi connectivity index (χ0n) is 6.20. The second-order valence-corrected chi connectivity index (χ2v) is 4.07. The second-order valence-electron chi connectivity index (χ2n) is 2.26. The number of amides is 2. The van der Waals surface area contributed by atoms with Crippen molar-refractivity contribution in [2.75, 3.05) is 5.41 Å². The fraction of sp³-hybridized carbons (Fsp3) is 0.333. The molecule has 0 atom stereocenters. The van der Waals surface area contributed by atoms with Gasteiger partial charge in [-0.1, -0.05) is 4.44 Å². The molecule has 11 heavy (non-hydrogen) atoms. The van der Waals surface area contributed by atoms with Gasteiger partial charge in [0.05, 0.1) is 0 Å². The Morgan fingerprint density at radius 1 is 1.64 bits per heavy atom. The number of rotatable bonds is 2. The molecule has 1 heterocycles. The molecule has 1 aliphatic rings. The topological polar surface area (TPSA) is 37.4 Å². The lowest BCUT2D eigenvalue weighted by atomic mass is 10.5. The van der Waals surface area contributed by atoms with E-state index in [1.165, 1.54) is 11.0 Å². The molecular weight excluding hydrogens is 172 g/mol. The summed E-state index contributed by atoms with van der Waals surface area (Å²) in [7, 11) is 0. The van der Waals surface area contributed by atoms with Crippen LogP contribution in [0, 0.1) is 0 Å². The van der Waals surface area contributed by atoms with Gasteiger partial charge in [-0.3, -0.25) is 14.5 Å². The average molecular weight is 178 g/mol. The van der Waals surface area contributed by atoms with Crippen LogP contribution in [0.5, 0.6) is 0 Å². The minimum Gasteiger partial charge on any atom is -0.292 e. The summed E-state index contributed by atoms with van der Waals surface area (Å²) in [5, 5.41) is 0.603. The van der Waals surface area contributed by atoms with Gasteiger partial charge in [0.2, 0.25) is 21.1 Å². The maximum Gasteiger partial charge on any atom is 0.251 e. The van der Waals surface area contributed by atoms with Crippen molar-refractivity contribution >= 4 is 43.3 Å². The molecule has 0 aliphatic carbocycles. The Bertz CT molecular complexity index is 237. The van der Waals surface area contributed by atoms with Gasteiger partial charge < -0.3 is 0 Å². The van der Waals surface area contributed by atoms with E-state index in [9.17, 15) is 9.59 Å². The van der Waals surface area contributed by atoms with Crippen LogP contribution in [0.2, 0.25) is 5.79 Å². The van der Waals surface area contributed by atoms with Gasteiger partial charge in [0.1, 0.15) is 0 Å². The van der Waals surface area contributed by atoms with Crippen LogP contribution in [-0.4, -0.2) is 53.6 Å². The fourth-order valence-corrected chi connectivity index (χ4v) is 1.89. The van der Waals surface area contributed by atoms with Crippen molar-refractivity contribution in [1.82, 2.24) is 4.90 Å². The molecule has 0 aromatic rings. The molecular formula is C6H6Al2NO2. The molecule has 2 amide bonds. The van der Waals surface area contributed by atoms with E-state index in [2.05, 4.69) is 16.3 Å². The first-order chi connectivity index (χ1) is 5.16. The van der Waals surface area contributed by atoms with E-state index in [0.29, 0.717) is 9.84 Å². The molecule has 0 saturated carbocycles. The van der Waals surface area contributed by atoms with E-state index in [-0.39, 0.29) is 27.0 Å². The van der Waals surface area contributed by atoms with Gasteiger partial charge in [-0.25, -0.2) is 0 Å². The van der Waals surface area contributed by atoms with Crippen LogP contribution in [0.4, 0.5) is 0 Å². The van der Waals surface area contributed by atoms with Crippen molar-refractivity contribution in [2.24, 2.45) is 0 Å². The SMILES string of the molecule is [CH3][Al][CH2]N1C(=O)C=[C]([Al])C1=O. The highest BCUT2D eigenvalue weighted by molar-refractivity contribution is 6.44. The molecule has 1 aliphatic heterocycles. The first kappa shape index (κ1) is 9.04. The number of carbonyl (C=O) groups excluding carboxylic acids is 2. The van der Waals surface area contributed by atoms with Crippen molar-refractivity contribution in [2.45, 2.75) is 5.79 Å². The summed E-state index contributed by atoms with van der Waals surface area (Å²) in [5.74, 6) is 1.69. The Labute approximate surface area is 79.6 Å². The Kier molecular flexibility index (Phi) is 2.93. The van der Waals surface area contributed by atoms with E-state index < -0.39 is 0 Å². The largest absolute Gasteiger partial charge is 0.292 e.